The smallest absolute Gasteiger partial charge is 0.322 e. The zero-order chi connectivity index (χ0) is 27.3. The molecule has 0 aliphatic rings. The summed E-state index contributed by atoms with van der Waals surface area (Å²) >= 11 is 0. The zero-order valence-corrected chi connectivity index (χ0v) is 21.2. The summed E-state index contributed by atoms with van der Waals surface area (Å²) in [6.07, 6.45) is 0.971. The topological polar surface area (TPSA) is 159 Å². The van der Waals surface area contributed by atoms with Gasteiger partial charge in [0.2, 0.25) is 11.8 Å². The molecule has 1 atom stereocenters. The van der Waals surface area contributed by atoms with Crippen LogP contribution in [0.3, 0.4) is 0 Å². The van der Waals surface area contributed by atoms with Crippen molar-refractivity contribution >= 4 is 40.9 Å². The van der Waals surface area contributed by atoms with Gasteiger partial charge in [-0.05, 0) is 24.6 Å². The number of Topliss-reactive ketones (excluding diaryl/α,β-unsaturated/α-hetero) is 2. The van der Waals surface area contributed by atoms with Gasteiger partial charge in [0.05, 0.1) is 32.6 Å². The molecule has 0 aliphatic carbocycles. The molecule has 0 heterocycles. The summed E-state index contributed by atoms with van der Waals surface area (Å²) < 4.78 is 5.35. The number of anilines is 1. The number of hydrogen-bond donors (Lipinski definition) is 3. The van der Waals surface area contributed by atoms with Gasteiger partial charge >= 0.3 is 5.97 Å². The molecule has 0 fully saturated rings. The molecule has 1 rings (SSSR count). The van der Waals surface area contributed by atoms with E-state index in [4.69, 9.17) is 9.84 Å². The molecular weight excluding hydrogens is 470 g/mol. The highest BCUT2D eigenvalue weighted by Gasteiger charge is 2.18. The molecule has 0 aromatic heterocycles. The van der Waals surface area contributed by atoms with Crippen molar-refractivity contribution in [3.63, 3.8) is 0 Å². The van der Waals surface area contributed by atoms with Crippen molar-refractivity contribution < 1.29 is 38.6 Å². The van der Waals surface area contributed by atoms with Crippen molar-refractivity contribution in [2.24, 2.45) is 5.92 Å². The number of ether oxygens (including phenoxy) is 1. The second kappa shape index (κ2) is 15.4. The van der Waals surface area contributed by atoms with Gasteiger partial charge in [-0.3, -0.25) is 28.8 Å². The lowest BCUT2D eigenvalue weighted by atomic mass is 9.95. The number of carbonyl (C=O) groups is 6. The van der Waals surface area contributed by atoms with E-state index in [1.807, 2.05) is 6.92 Å². The minimum absolute atomic E-state index is 0.0359. The summed E-state index contributed by atoms with van der Waals surface area (Å²) in [5.41, 5.74) is 0.483. The van der Waals surface area contributed by atoms with Gasteiger partial charge < -0.3 is 25.4 Å². The second-order valence-corrected chi connectivity index (χ2v) is 8.35. The van der Waals surface area contributed by atoms with Crippen molar-refractivity contribution in [1.29, 1.82) is 0 Å². The predicted molar refractivity (Wildman–Crippen MR) is 132 cm³/mol. The first-order chi connectivity index (χ1) is 17.0. The highest BCUT2D eigenvalue weighted by Crippen LogP contribution is 2.20. The zero-order valence-electron chi connectivity index (χ0n) is 21.2. The van der Waals surface area contributed by atoms with Crippen LogP contribution in [-0.4, -0.2) is 78.6 Å². The lowest BCUT2D eigenvalue weighted by molar-refractivity contribution is -0.136. The number of amides is 3. The third-order valence-corrected chi connectivity index (χ3v) is 5.39. The summed E-state index contributed by atoms with van der Waals surface area (Å²) in [6, 6.07) is 4.19. The number of hydrogen-bond acceptors (Lipinski definition) is 7. The molecule has 11 heteroatoms. The summed E-state index contributed by atoms with van der Waals surface area (Å²) in [7, 11) is 1.54. The SMILES string of the molecule is CCC(=O)CN(C)C(=O)CCOCCC(=O)Nc1cc(C(=O)NCC(=O)O)cc(C(=O)C(C)CC)c1. The predicted octanol–water partition coefficient (Wildman–Crippen LogP) is 1.90. The number of carboxylic acids is 1. The van der Waals surface area contributed by atoms with E-state index in [1.54, 1.807) is 20.9 Å². The Hall–Kier alpha value is -3.60. The Morgan fingerprint density at radius 3 is 2.25 bits per heavy atom. The van der Waals surface area contributed by atoms with Crippen molar-refractivity contribution in [1.82, 2.24) is 10.2 Å². The van der Waals surface area contributed by atoms with Gasteiger partial charge in [-0.15, -0.1) is 0 Å². The Morgan fingerprint density at radius 1 is 1.00 bits per heavy atom. The number of benzene rings is 1. The second-order valence-electron chi connectivity index (χ2n) is 8.35. The van der Waals surface area contributed by atoms with Crippen LogP contribution in [0.15, 0.2) is 18.2 Å². The average molecular weight is 506 g/mol. The van der Waals surface area contributed by atoms with Gasteiger partial charge in [0.25, 0.3) is 5.91 Å². The number of nitrogens with zero attached hydrogens (tertiary/aromatic N) is 1. The van der Waals surface area contributed by atoms with Gasteiger partial charge in [-0.2, -0.15) is 0 Å². The molecule has 0 bridgehead atoms. The summed E-state index contributed by atoms with van der Waals surface area (Å²) in [6.45, 7) is 4.91. The van der Waals surface area contributed by atoms with Gasteiger partial charge in [-0.1, -0.05) is 20.8 Å². The molecule has 3 amide bonds. The molecule has 1 unspecified atom stereocenters. The highest BCUT2D eigenvalue weighted by molar-refractivity contribution is 6.04. The van der Waals surface area contributed by atoms with Crippen LogP contribution in [0.25, 0.3) is 0 Å². The van der Waals surface area contributed by atoms with Crippen LogP contribution in [0, 0.1) is 5.92 Å². The number of carboxylic acid groups (broad SMARTS) is 1. The minimum atomic E-state index is -1.22. The Labute approximate surface area is 210 Å². The van der Waals surface area contributed by atoms with Gasteiger partial charge in [-0.25, -0.2) is 0 Å². The highest BCUT2D eigenvalue weighted by atomic mass is 16.5. The van der Waals surface area contributed by atoms with E-state index in [0.29, 0.717) is 12.8 Å². The third-order valence-electron chi connectivity index (χ3n) is 5.39. The van der Waals surface area contributed by atoms with Gasteiger partial charge in [0.15, 0.2) is 11.6 Å². The number of ketones is 2. The first kappa shape index (κ1) is 30.4. The van der Waals surface area contributed by atoms with E-state index in [-0.39, 0.29) is 72.8 Å². The average Bonchev–Trinajstić information content (AvgIpc) is 2.85. The van der Waals surface area contributed by atoms with Crippen molar-refractivity contribution in [2.75, 3.05) is 38.7 Å². The molecule has 1 aromatic rings. The van der Waals surface area contributed by atoms with Crippen molar-refractivity contribution in [3.05, 3.63) is 29.3 Å². The maximum Gasteiger partial charge on any atom is 0.322 e. The Bertz CT molecular complexity index is 976. The number of likely N-dealkylation sites (N-methyl/N-ethyl adjacent to an activating group) is 1. The molecule has 198 valence electrons. The van der Waals surface area contributed by atoms with Crippen LogP contribution in [0.1, 0.15) is 67.2 Å². The molecule has 0 saturated heterocycles. The fraction of sp³-hybridized carbons (Fsp3) is 0.520. The standard InChI is InChI=1S/C25H35N3O8/c1-5-16(3)24(34)17-11-18(25(35)26-14-23(32)33)13-19(12-17)27-21(30)7-9-36-10-8-22(31)28(4)15-20(29)6-2/h11-13,16H,5-10,14-15H2,1-4H3,(H,26,35)(H,27,30)(H,32,33). The van der Waals surface area contributed by atoms with Crippen LogP contribution < -0.4 is 10.6 Å². The van der Waals surface area contributed by atoms with Crippen molar-refractivity contribution in [2.45, 2.75) is 46.5 Å². The number of aliphatic carboxylic acids is 1. The molecule has 0 saturated carbocycles. The van der Waals surface area contributed by atoms with E-state index >= 15 is 0 Å². The summed E-state index contributed by atoms with van der Waals surface area (Å²) in [4.78, 5) is 72.9. The van der Waals surface area contributed by atoms with E-state index in [9.17, 15) is 28.8 Å². The quantitative estimate of drug-likeness (QED) is 0.227. The molecule has 11 nitrogen and oxygen atoms in total. The fourth-order valence-electron chi connectivity index (χ4n) is 3.01. The van der Waals surface area contributed by atoms with Crippen LogP contribution in [0.2, 0.25) is 0 Å². The third kappa shape index (κ3) is 10.8. The molecular formula is C25H35N3O8. The molecule has 0 spiro atoms. The number of carbonyl (C=O) groups excluding carboxylic acids is 5. The molecule has 3 N–H and O–H groups in total. The maximum atomic E-state index is 12.7. The number of nitrogens with one attached hydrogen (secondary N) is 2. The van der Waals surface area contributed by atoms with Crippen molar-refractivity contribution in [3.8, 4) is 0 Å². The normalized spacial score (nSPS) is 11.3. The van der Waals surface area contributed by atoms with E-state index in [1.165, 1.54) is 23.1 Å². The van der Waals surface area contributed by atoms with E-state index in [2.05, 4.69) is 10.6 Å². The largest absolute Gasteiger partial charge is 0.480 e. The fourth-order valence-corrected chi connectivity index (χ4v) is 3.01. The van der Waals surface area contributed by atoms with Crippen LogP contribution in [0.4, 0.5) is 5.69 Å². The van der Waals surface area contributed by atoms with E-state index in [0.717, 1.165) is 0 Å². The van der Waals surface area contributed by atoms with Crippen LogP contribution in [0.5, 0.6) is 0 Å². The van der Waals surface area contributed by atoms with Crippen LogP contribution in [-0.2, 0) is 23.9 Å². The Morgan fingerprint density at radius 2 is 1.64 bits per heavy atom. The lowest BCUT2D eigenvalue weighted by Crippen LogP contribution is -2.32. The molecule has 0 aliphatic heterocycles. The Kier molecular flexibility index (Phi) is 13.0. The lowest BCUT2D eigenvalue weighted by Gasteiger charge is -2.16. The first-order valence-corrected chi connectivity index (χ1v) is 11.8. The van der Waals surface area contributed by atoms with Gasteiger partial charge in [0, 0.05) is 36.2 Å². The van der Waals surface area contributed by atoms with Gasteiger partial charge in [0.1, 0.15) is 6.54 Å². The molecule has 36 heavy (non-hydrogen) atoms. The summed E-state index contributed by atoms with van der Waals surface area (Å²) in [5.74, 6) is -3.13. The summed E-state index contributed by atoms with van der Waals surface area (Å²) in [5, 5.41) is 13.6. The monoisotopic (exact) mass is 505 g/mol. The minimum Gasteiger partial charge on any atom is -0.480 e. The number of rotatable bonds is 16. The maximum absolute atomic E-state index is 12.7. The molecule has 0 radical (unpaired) electrons. The Balaban J connectivity index is 2.72. The van der Waals surface area contributed by atoms with E-state index < -0.39 is 24.3 Å². The van der Waals surface area contributed by atoms with Crippen LogP contribution >= 0.6 is 0 Å². The first-order valence-electron chi connectivity index (χ1n) is 11.8. The molecule has 1 aromatic carbocycles.